The third-order valence-corrected chi connectivity index (χ3v) is 3.99. The van der Waals surface area contributed by atoms with E-state index in [-0.39, 0.29) is 0 Å². The maximum Gasteiger partial charge on any atom is 0.159 e. The van der Waals surface area contributed by atoms with E-state index in [0.717, 1.165) is 39.5 Å². The Morgan fingerprint density at radius 2 is 1.65 bits per heavy atom. The molecule has 0 unspecified atom stereocenters. The number of benzene rings is 1. The standard InChI is InChI=1S/C18H15N5/c1-12-16(14-8-5-6-10-19-14)20-11-21-17(12)18-22-13-7-3-4-9-15(13)23(18)2/h3-11H,1-2H3. The Kier molecular flexibility index (Phi) is 3.12. The van der Waals surface area contributed by atoms with Crippen molar-refractivity contribution in [3.63, 3.8) is 0 Å². The first-order valence-corrected chi connectivity index (χ1v) is 7.40. The van der Waals surface area contributed by atoms with E-state index in [1.54, 1.807) is 12.5 Å². The highest BCUT2D eigenvalue weighted by Crippen LogP contribution is 2.28. The Bertz CT molecular complexity index is 989. The Labute approximate surface area is 133 Å². The normalized spacial score (nSPS) is 11.0. The van der Waals surface area contributed by atoms with Gasteiger partial charge in [-0.2, -0.15) is 0 Å². The fourth-order valence-corrected chi connectivity index (χ4v) is 2.79. The van der Waals surface area contributed by atoms with Gasteiger partial charge >= 0.3 is 0 Å². The van der Waals surface area contributed by atoms with Gasteiger partial charge in [0.05, 0.1) is 22.4 Å². The van der Waals surface area contributed by atoms with Gasteiger partial charge in [-0.15, -0.1) is 0 Å². The number of hydrogen-bond acceptors (Lipinski definition) is 4. The molecule has 0 saturated carbocycles. The highest BCUT2D eigenvalue weighted by molar-refractivity contribution is 5.81. The van der Waals surface area contributed by atoms with E-state index in [2.05, 4.69) is 25.6 Å². The zero-order valence-electron chi connectivity index (χ0n) is 12.9. The molecule has 4 aromatic rings. The molecular weight excluding hydrogens is 286 g/mol. The van der Waals surface area contributed by atoms with E-state index in [1.165, 1.54) is 0 Å². The largest absolute Gasteiger partial charge is 0.326 e. The van der Waals surface area contributed by atoms with Gasteiger partial charge in [-0.25, -0.2) is 15.0 Å². The second-order valence-electron chi connectivity index (χ2n) is 5.39. The van der Waals surface area contributed by atoms with Gasteiger partial charge in [0.15, 0.2) is 5.82 Å². The number of imidazole rings is 1. The van der Waals surface area contributed by atoms with Gasteiger partial charge in [0.2, 0.25) is 0 Å². The molecule has 0 fully saturated rings. The molecule has 0 amide bonds. The SMILES string of the molecule is Cc1c(-c2ccccn2)ncnc1-c1nc2ccccc2n1C. The average molecular weight is 301 g/mol. The molecule has 23 heavy (non-hydrogen) atoms. The molecular formula is C18H15N5. The van der Waals surface area contributed by atoms with Gasteiger partial charge in [0.1, 0.15) is 12.0 Å². The fraction of sp³-hybridized carbons (Fsp3) is 0.111. The van der Waals surface area contributed by atoms with Crippen molar-refractivity contribution < 1.29 is 0 Å². The minimum absolute atomic E-state index is 0.833. The fourth-order valence-electron chi connectivity index (χ4n) is 2.79. The molecule has 0 saturated heterocycles. The smallest absolute Gasteiger partial charge is 0.159 e. The van der Waals surface area contributed by atoms with E-state index in [1.807, 2.05) is 50.4 Å². The van der Waals surface area contributed by atoms with Crippen molar-refractivity contribution >= 4 is 11.0 Å². The highest BCUT2D eigenvalue weighted by atomic mass is 15.1. The van der Waals surface area contributed by atoms with Crippen molar-refractivity contribution in [3.8, 4) is 22.9 Å². The molecule has 5 nitrogen and oxygen atoms in total. The Morgan fingerprint density at radius 3 is 2.43 bits per heavy atom. The lowest BCUT2D eigenvalue weighted by Crippen LogP contribution is -2.01. The quantitative estimate of drug-likeness (QED) is 0.569. The molecule has 0 spiro atoms. The van der Waals surface area contributed by atoms with Crippen LogP contribution in [0.3, 0.4) is 0 Å². The summed E-state index contributed by atoms with van der Waals surface area (Å²) in [6, 6.07) is 13.9. The summed E-state index contributed by atoms with van der Waals surface area (Å²) in [7, 11) is 2.01. The summed E-state index contributed by atoms with van der Waals surface area (Å²) in [5.41, 5.74) is 5.53. The number of para-hydroxylation sites is 2. The summed E-state index contributed by atoms with van der Waals surface area (Å²) in [5.74, 6) is 0.836. The summed E-state index contributed by atoms with van der Waals surface area (Å²) >= 11 is 0. The molecule has 5 heteroatoms. The lowest BCUT2D eigenvalue weighted by molar-refractivity contribution is 0.942. The van der Waals surface area contributed by atoms with Crippen LogP contribution in [-0.4, -0.2) is 24.5 Å². The van der Waals surface area contributed by atoms with Crippen molar-refractivity contribution in [1.82, 2.24) is 24.5 Å². The molecule has 0 aliphatic heterocycles. The number of rotatable bonds is 2. The number of fused-ring (bicyclic) bond motifs is 1. The topological polar surface area (TPSA) is 56.5 Å². The minimum atomic E-state index is 0.833. The first kappa shape index (κ1) is 13.6. The Balaban J connectivity index is 1.94. The predicted octanol–water partition coefficient (Wildman–Crippen LogP) is 3.40. The van der Waals surface area contributed by atoms with Crippen molar-refractivity contribution in [1.29, 1.82) is 0 Å². The van der Waals surface area contributed by atoms with Crippen molar-refractivity contribution in [2.24, 2.45) is 7.05 Å². The van der Waals surface area contributed by atoms with E-state index in [0.29, 0.717) is 0 Å². The Hall–Kier alpha value is -3.08. The minimum Gasteiger partial charge on any atom is -0.326 e. The van der Waals surface area contributed by atoms with Crippen LogP contribution in [0.1, 0.15) is 5.56 Å². The number of hydrogen-bond donors (Lipinski definition) is 0. The van der Waals surface area contributed by atoms with Gasteiger partial charge in [-0.3, -0.25) is 4.98 Å². The molecule has 4 rings (SSSR count). The molecule has 0 aliphatic carbocycles. The summed E-state index contributed by atoms with van der Waals surface area (Å²) in [6.07, 6.45) is 3.34. The number of nitrogens with zero attached hydrogens (tertiary/aromatic N) is 5. The molecule has 3 heterocycles. The Morgan fingerprint density at radius 1 is 0.870 bits per heavy atom. The van der Waals surface area contributed by atoms with Crippen LogP contribution in [0.25, 0.3) is 33.9 Å². The molecule has 0 bridgehead atoms. The lowest BCUT2D eigenvalue weighted by atomic mass is 10.1. The molecule has 0 aliphatic rings. The van der Waals surface area contributed by atoms with Crippen LogP contribution in [0.4, 0.5) is 0 Å². The van der Waals surface area contributed by atoms with Crippen molar-refractivity contribution in [2.45, 2.75) is 6.92 Å². The van der Waals surface area contributed by atoms with Crippen LogP contribution in [0.2, 0.25) is 0 Å². The monoisotopic (exact) mass is 301 g/mol. The summed E-state index contributed by atoms with van der Waals surface area (Å²) in [5, 5.41) is 0. The van der Waals surface area contributed by atoms with Crippen LogP contribution in [-0.2, 0) is 7.05 Å². The molecule has 0 N–H and O–H groups in total. The van der Waals surface area contributed by atoms with E-state index in [9.17, 15) is 0 Å². The summed E-state index contributed by atoms with van der Waals surface area (Å²) < 4.78 is 2.06. The van der Waals surface area contributed by atoms with Crippen molar-refractivity contribution in [3.05, 3.63) is 60.6 Å². The first-order chi connectivity index (χ1) is 11.3. The maximum absolute atomic E-state index is 4.73. The average Bonchev–Trinajstić information content (AvgIpc) is 2.93. The van der Waals surface area contributed by atoms with E-state index >= 15 is 0 Å². The van der Waals surface area contributed by atoms with Gasteiger partial charge < -0.3 is 4.57 Å². The highest BCUT2D eigenvalue weighted by Gasteiger charge is 2.16. The van der Waals surface area contributed by atoms with Gasteiger partial charge in [0.25, 0.3) is 0 Å². The second-order valence-corrected chi connectivity index (χ2v) is 5.39. The predicted molar refractivity (Wildman–Crippen MR) is 89.7 cm³/mol. The van der Waals surface area contributed by atoms with Gasteiger partial charge in [0, 0.05) is 18.8 Å². The van der Waals surface area contributed by atoms with Gasteiger partial charge in [-0.05, 0) is 31.2 Å². The zero-order chi connectivity index (χ0) is 15.8. The zero-order valence-corrected chi connectivity index (χ0v) is 12.9. The third-order valence-electron chi connectivity index (χ3n) is 3.99. The molecule has 0 radical (unpaired) electrons. The molecule has 1 aromatic carbocycles. The number of pyridine rings is 1. The third kappa shape index (κ3) is 2.17. The van der Waals surface area contributed by atoms with Crippen LogP contribution in [0.15, 0.2) is 55.0 Å². The molecule has 3 aromatic heterocycles. The summed E-state index contributed by atoms with van der Waals surface area (Å²) in [4.78, 5) is 18.0. The molecule has 0 atom stereocenters. The number of aromatic nitrogens is 5. The number of aryl methyl sites for hydroxylation is 1. The lowest BCUT2D eigenvalue weighted by Gasteiger charge is -2.09. The second kappa shape index (κ2) is 5.28. The van der Waals surface area contributed by atoms with Crippen LogP contribution in [0, 0.1) is 6.92 Å². The van der Waals surface area contributed by atoms with E-state index in [4.69, 9.17) is 4.98 Å². The van der Waals surface area contributed by atoms with Crippen LogP contribution in [0.5, 0.6) is 0 Å². The van der Waals surface area contributed by atoms with Crippen molar-refractivity contribution in [2.75, 3.05) is 0 Å². The maximum atomic E-state index is 4.73. The summed E-state index contributed by atoms with van der Waals surface area (Å²) in [6.45, 7) is 2.01. The van der Waals surface area contributed by atoms with Crippen LogP contribution < -0.4 is 0 Å². The first-order valence-electron chi connectivity index (χ1n) is 7.40. The molecule has 112 valence electrons. The van der Waals surface area contributed by atoms with E-state index < -0.39 is 0 Å². The van der Waals surface area contributed by atoms with Crippen LogP contribution >= 0.6 is 0 Å². The van der Waals surface area contributed by atoms with Gasteiger partial charge in [-0.1, -0.05) is 18.2 Å².